The van der Waals surface area contributed by atoms with Crippen LogP contribution in [0.4, 0.5) is 4.39 Å². The van der Waals surface area contributed by atoms with Crippen molar-refractivity contribution in [3.8, 4) is 0 Å². The SMILES string of the molecule is COC1OC2COC(C)(C)OC2C1F. The lowest BCUT2D eigenvalue weighted by molar-refractivity contribution is -0.298. The molecule has 0 amide bonds. The second-order valence-electron chi connectivity index (χ2n) is 4.02. The molecule has 2 saturated heterocycles. The predicted octanol–water partition coefficient (Wildman–Crippen LogP) is 0.847. The highest BCUT2D eigenvalue weighted by Crippen LogP contribution is 2.34. The van der Waals surface area contributed by atoms with E-state index in [2.05, 4.69) is 0 Å². The van der Waals surface area contributed by atoms with E-state index in [0.717, 1.165) is 0 Å². The molecule has 0 aromatic rings. The van der Waals surface area contributed by atoms with E-state index in [0.29, 0.717) is 6.61 Å². The Balaban J connectivity index is 2.07. The summed E-state index contributed by atoms with van der Waals surface area (Å²) in [5.74, 6) is -0.739. The first-order valence-electron chi connectivity index (χ1n) is 4.67. The Morgan fingerprint density at radius 1 is 1.43 bits per heavy atom. The highest BCUT2D eigenvalue weighted by atomic mass is 19.1. The highest BCUT2D eigenvalue weighted by molar-refractivity contribution is 4.91. The van der Waals surface area contributed by atoms with E-state index in [9.17, 15) is 4.39 Å². The van der Waals surface area contributed by atoms with Gasteiger partial charge < -0.3 is 18.9 Å². The average Bonchev–Trinajstić information content (AvgIpc) is 2.42. The molecule has 2 heterocycles. The summed E-state index contributed by atoms with van der Waals surface area (Å²) in [7, 11) is 1.42. The molecular weight excluding hydrogens is 191 g/mol. The largest absolute Gasteiger partial charge is 0.353 e. The van der Waals surface area contributed by atoms with Gasteiger partial charge in [0.25, 0.3) is 0 Å². The maximum atomic E-state index is 13.6. The number of rotatable bonds is 1. The van der Waals surface area contributed by atoms with Crippen molar-refractivity contribution in [3.63, 3.8) is 0 Å². The van der Waals surface area contributed by atoms with Crippen molar-refractivity contribution in [2.45, 2.75) is 44.3 Å². The molecule has 0 bridgehead atoms. The van der Waals surface area contributed by atoms with Crippen molar-refractivity contribution in [2.24, 2.45) is 0 Å². The number of hydrogen-bond donors (Lipinski definition) is 0. The van der Waals surface area contributed by atoms with E-state index in [1.807, 2.05) is 0 Å². The Hall–Kier alpha value is -0.230. The van der Waals surface area contributed by atoms with Gasteiger partial charge in [-0.1, -0.05) is 0 Å². The molecule has 0 aromatic heterocycles. The molecule has 0 radical (unpaired) electrons. The van der Waals surface area contributed by atoms with E-state index >= 15 is 0 Å². The van der Waals surface area contributed by atoms with Gasteiger partial charge in [0.2, 0.25) is 0 Å². The summed E-state index contributed by atoms with van der Waals surface area (Å²) in [6.07, 6.45) is -3.01. The summed E-state index contributed by atoms with van der Waals surface area (Å²) in [6.45, 7) is 3.87. The second kappa shape index (κ2) is 3.41. The Labute approximate surface area is 82.3 Å². The fraction of sp³-hybridized carbons (Fsp3) is 1.00. The summed E-state index contributed by atoms with van der Waals surface area (Å²) in [4.78, 5) is 0. The summed E-state index contributed by atoms with van der Waals surface area (Å²) in [6, 6.07) is 0. The smallest absolute Gasteiger partial charge is 0.191 e. The number of methoxy groups -OCH3 is 1. The van der Waals surface area contributed by atoms with Crippen molar-refractivity contribution in [2.75, 3.05) is 13.7 Å². The standard InChI is InChI=1S/C9H15FO4/c1-9(2)12-4-5-7(14-9)6(10)8(11-3)13-5/h5-8H,4H2,1-3H3. The molecule has 2 fully saturated rings. The third-order valence-corrected chi connectivity index (χ3v) is 2.50. The van der Waals surface area contributed by atoms with Gasteiger partial charge in [-0.2, -0.15) is 0 Å². The van der Waals surface area contributed by atoms with E-state index in [1.165, 1.54) is 7.11 Å². The lowest BCUT2D eigenvalue weighted by Crippen LogP contribution is -2.49. The van der Waals surface area contributed by atoms with Crippen LogP contribution in [0.5, 0.6) is 0 Å². The maximum Gasteiger partial charge on any atom is 0.191 e. The lowest BCUT2D eigenvalue weighted by Gasteiger charge is -2.37. The summed E-state index contributed by atoms with van der Waals surface area (Å²) in [5, 5.41) is 0. The van der Waals surface area contributed by atoms with Crippen LogP contribution < -0.4 is 0 Å². The Bertz CT molecular complexity index is 219. The van der Waals surface area contributed by atoms with Crippen molar-refractivity contribution in [3.05, 3.63) is 0 Å². The van der Waals surface area contributed by atoms with Crippen LogP contribution in [-0.4, -0.2) is 44.2 Å². The van der Waals surface area contributed by atoms with Gasteiger partial charge in [0.15, 0.2) is 18.2 Å². The monoisotopic (exact) mass is 206 g/mol. The number of ether oxygens (including phenoxy) is 4. The van der Waals surface area contributed by atoms with E-state index < -0.39 is 24.4 Å². The molecule has 0 aromatic carbocycles. The summed E-state index contributed by atoms with van der Waals surface area (Å²) in [5.41, 5.74) is 0. The first-order valence-corrected chi connectivity index (χ1v) is 4.67. The molecule has 82 valence electrons. The van der Waals surface area contributed by atoms with Gasteiger partial charge in [-0.05, 0) is 13.8 Å². The molecule has 4 nitrogen and oxygen atoms in total. The second-order valence-corrected chi connectivity index (χ2v) is 4.02. The minimum absolute atomic E-state index is 0.345. The fourth-order valence-electron chi connectivity index (χ4n) is 1.79. The summed E-state index contributed by atoms with van der Waals surface area (Å²) >= 11 is 0. The number of hydrogen-bond acceptors (Lipinski definition) is 4. The minimum Gasteiger partial charge on any atom is -0.353 e. The first-order chi connectivity index (χ1) is 6.53. The zero-order chi connectivity index (χ0) is 10.3. The molecule has 0 N–H and O–H groups in total. The molecule has 4 unspecified atom stereocenters. The Kier molecular flexibility index (Phi) is 2.51. The minimum atomic E-state index is -1.24. The van der Waals surface area contributed by atoms with Crippen molar-refractivity contribution < 1.29 is 23.3 Å². The van der Waals surface area contributed by atoms with Gasteiger partial charge in [0, 0.05) is 7.11 Å². The van der Waals surface area contributed by atoms with Gasteiger partial charge in [-0.15, -0.1) is 0 Å². The van der Waals surface area contributed by atoms with Crippen LogP contribution in [0.25, 0.3) is 0 Å². The number of alkyl halides is 1. The molecule has 0 saturated carbocycles. The van der Waals surface area contributed by atoms with Crippen LogP contribution in [0.3, 0.4) is 0 Å². The summed E-state index contributed by atoms with van der Waals surface area (Å²) < 4.78 is 34.6. The van der Waals surface area contributed by atoms with E-state index in [4.69, 9.17) is 18.9 Å². The third kappa shape index (κ3) is 1.65. The van der Waals surface area contributed by atoms with Gasteiger partial charge in [-0.25, -0.2) is 4.39 Å². The zero-order valence-electron chi connectivity index (χ0n) is 8.53. The van der Waals surface area contributed by atoms with Gasteiger partial charge in [-0.3, -0.25) is 0 Å². The van der Waals surface area contributed by atoms with Crippen molar-refractivity contribution in [1.29, 1.82) is 0 Å². The van der Waals surface area contributed by atoms with E-state index in [1.54, 1.807) is 13.8 Å². The molecule has 0 spiro atoms. The normalized spacial score (nSPS) is 46.3. The predicted molar refractivity (Wildman–Crippen MR) is 45.5 cm³/mol. The van der Waals surface area contributed by atoms with E-state index in [-0.39, 0.29) is 6.10 Å². The molecule has 2 aliphatic rings. The van der Waals surface area contributed by atoms with Gasteiger partial charge in [0.1, 0.15) is 12.2 Å². The zero-order valence-corrected chi connectivity index (χ0v) is 8.53. The highest BCUT2D eigenvalue weighted by Gasteiger charge is 2.51. The van der Waals surface area contributed by atoms with Gasteiger partial charge in [0.05, 0.1) is 6.61 Å². The molecular formula is C9H15FO4. The van der Waals surface area contributed by atoms with Crippen LogP contribution in [0.15, 0.2) is 0 Å². The first kappa shape index (κ1) is 10.3. The lowest BCUT2D eigenvalue weighted by atomic mass is 10.1. The van der Waals surface area contributed by atoms with Gasteiger partial charge >= 0.3 is 0 Å². The van der Waals surface area contributed by atoms with Crippen LogP contribution in [0, 0.1) is 0 Å². The third-order valence-electron chi connectivity index (χ3n) is 2.50. The van der Waals surface area contributed by atoms with Crippen LogP contribution in [0.2, 0.25) is 0 Å². The maximum absolute atomic E-state index is 13.6. The average molecular weight is 206 g/mol. The quantitative estimate of drug-likeness (QED) is 0.637. The molecule has 0 aliphatic carbocycles. The van der Waals surface area contributed by atoms with Crippen LogP contribution >= 0.6 is 0 Å². The molecule has 5 heteroatoms. The van der Waals surface area contributed by atoms with Crippen molar-refractivity contribution in [1.82, 2.24) is 0 Å². The fourth-order valence-corrected chi connectivity index (χ4v) is 1.79. The molecule has 14 heavy (non-hydrogen) atoms. The van der Waals surface area contributed by atoms with Crippen molar-refractivity contribution >= 4 is 0 Å². The Morgan fingerprint density at radius 2 is 2.14 bits per heavy atom. The molecule has 4 atom stereocenters. The molecule has 2 rings (SSSR count). The van der Waals surface area contributed by atoms with Crippen LogP contribution in [0.1, 0.15) is 13.8 Å². The number of fused-ring (bicyclic) bond motifs is 1. The number of halogens is 1. The van der Waals surface area contributed by atoms with Crippen LogP contribution in [-0.2, 0) is 18.9 Å². The molecule has 2 aliphatic heterocycles. The Morgan fingerprint density at radius 3 is 2.79 bits per heavy atom. The topological polar surface area (TPSA) is 36.9 Å².